The number of nitrogen functional groups attached to an aromatic ring is 1. The summed E-state index contributed by atoms with van der Waals surface area (Å²) in [6, 6.07) is 11.9. The fourth-order valence-corrected chi connectivity index (χ4v) is 4.60. The predicted molar refractivity (Wildman–Crippen MR) is 135 cm³/mol. The Hall–Kier alpha value is -3.58. The molecule has 3 aromatic rings. The predicted octanol–water partition coefficient (Wildman–Crippen LogP) is 3.93. The van der Waals surface area contributed by atoms with Crippen LogP contribution in [-0.2, 0) is 16.4 Å². The first-order chi connectivity index (χ1) is 16.3. The van der Waals surface area contributed by atoms with Crippen molar-refractivity contribution in [1.29, 1.82) is 5.26 Å². The summed E-state index contributed by atoms with van der Waals surface area (Å²) in [5.74, 6) is 1.14. The lowest BCUT2D eigenvalue weighted by atomic mass is 9.95. The van der Waals surface area contributed by atoms with Gasteiger partial charge in [0.1, 0.15) is 33.1 Å². The van der Waals surface area contributed by atoms with E-state index in [0.717, 1.165) is 29.7 Å². The van der Waals surface area contributed by atoms with Gasteiger partial charge in [-0.1, -0.05) is 31.4 Å². The van der Waals surface area contributed by atoms with E-state index in [-0.39, 0.29) is 5.75 Å². The summed E-state index contributed by atoms with van der Waals surface area (Å²) in [5.41, 5.74) is 9.61. The van der Waals surface area contributed by atoms with Crippen LogP contribution in [0.15, 0.2) is 42.7 Å². The van der Waals surface area contributed by atoms with E-state index in [2.05, 4.69) is 26.8 Å². The molecule has 0 unspecified atom stereocenters. The van der Waals surface area contributed by atoms with Crippen LogP contribution in [0, 0.1) is 11.3 Å². The van der Waals surface area contributed by atoms with Crippen LogP contribution in [0.5, 0.6) is 0 Å². The maximum absolute atomic E-state index is 11.4. The zero-order chi connectivity index (χ0) is 24.1. The standard InChI is InChI=1S/C24H29N7O2S/c1-34(32,33)12-11-31-16-18(15-27-31)17-7-9-20(10-8-17)28-23-13-22(26)21(14-25)24(30-23)29-19-5-3-2-4-6-19/h7-10,13,15-16,19H,2-6,11-12H2,1H3,(H4,26,28,29,30). The Bertz CT molecular complexity index is 1290. The smallest absolute Gasteiger partial charge is 0.149 e. The first-order valence-electron chi connectivity index (χ1n) is 11.4. The normalized spacial score (nSPS) is 14.5. The van der Waals surface area contributed by atoms with Crippen LogP contribution in [0.4, 0.5) is 23.0 Å². The number of hydrogen-bond donors (Lipinski definition) is 3. The molecular formula is C24H29N7O2S. The summed E-state index contributed by atoms with van der Waals surface area (Å²) in [5, 5.41) is 20.5. The van der Waals surface area contributed by atoms with Crippen molar-refractivity contribution in [2.75, 3.05) is 28.4 Å². The molecule has 0 amide bonds. The zero-order valence-corrected chi connectivity index (χ0v) is 20.0. The molecule has 1 aliphatic carbocycles. The van der Waals surface area contributed by atoms with Crippen LogP contribution < -0.4 is 16.4 Å². The third-order valence-corrected chi connectivity index (χ3v) is 6.85. The SMILES string of the molecule is CS(=O)(=O)CCn1cc(-c2ccc(Nc3cc(N)c(C#N)c(NC4CCCCC4)n3)cc2)cn1. The number of rotatable bonds is 8. The van der Waals surface area contributed by atoms with Gasteiger partial charge in [-0.2, -0.15) is 10.4 Å². The second kappa shape index (κ2) is 10.1. The van der Waals surface area contributed by atoms with E-state index < -0.39 is 9.84 Å². The van der Waals surface area contributed by atoms with Crippen molar-refractivity contribution < 1.29 is 8.42 Å². The van der Waals surface area contributed by atoms with Gasteiger partial charge < -0.3 is 16.4 Å². The molecule has 1 saturated carbocycles. The fraction of sp³-hybridized carbons (Fsp3) is 0.375. The molecule has 1 aliphatic rings. The summed E-state index contributed by atoms with van der Waals surface area (Å²) in [6.45, 7) is 0.321. The highest BCUT2D eigenvalue weighted by Crippen LogP contribution is 2.29. The number of nitriles is 1. The summed E-state index contributed by atoms with van der Waals surface area (Å²) in [7, 11) is -3.04. The molecule has 2 aromatic heterocycles. The first-order valence-corrected chi connectivity index (χ1v) is 13.4. The highest BCUT2D eigenvalue weighted by Gasteiger charge is 2.18. The molecule has 0 spiro atoms. The molecule has 0 atom stereocenters. The number of aryl methyl sites for hydroxylation is 1. The van der Waals surface area contributed by atoms with E-state index in [1.165, 1.54) is 25.5 Å². The third kappa shape index (κ3) is 6.05. The number of nitrogens with zero attached hydrogens (tertiary/aromatic N) is 4. The van der Waals surface area contributed by atoms with Gasteiger partial charge in [-0.05, 0) is 30.5 Å². The molecule has 2 heterocycles. The maximum atomic E-state index is 11.4. The van der Waals surface area contributed by atoms with Crippen molar-refractivity contribution in [3.05, 3.63) is 48.3 Å². The van der Waals surface area contributed by atoms with E-state index in [4.69, 9.17) is 5.73 Å². The number of nitrogens with one attached hydrogen (secondary N) is 2. The van der Waals surface area contributed by atoms with Crippen LogP contribution in [0.1, 0.15) is 37.7 Å². The minimum absolute atomic E-state index is 0.0509. The molecule has 0 aliphatic heterocycles. The molecule has 1 fully saturated rings. The molecule has 4 rings (SSSR count). The lowest BCUT2D eigenvalue weighted by molar-refractivity contribution is 0.462. The number of benzene rings is 1. The third-order valence-electron chi connectivity index (χ3n) is 5.92. The topological polar surface area (TPSA) is 139 Å². The van der Waals surface area contributed by atoms with Crippen LogP contribution in [0.2, 0.25) is 0 Å². The Balaban J connectivity index is 1.47. The minimum atomic E-state index is -3.04. The molecule has 178 valence electrons. The quantitative estimate of drug-likeness (QED) is 0.442. The van der Waals surface area contributed by atoms with Crippen molar-refractivity contribution >= 4 is 32.8 Å². The second-order valence-corrected chi connectivity index (χ2v) is 11.0. The van der Waals surface area contributed by atoms with Gasteiger partial charge in [0.2, 0.25) is 0 Å². The molecule has 0 saturated heterocycles. The Labute approximate surface area is 199 Å². The summed E-state index contributed by atoms with van der Waals surface area (Å²) >= 11 is 0. The molecule has 4 N–H and O–H groups in total. The Morgan fingerprint density at radius 3 is 2.59 bits per heavy atom. The van der Waals surface area contributed by atoms with Crippen molar-refractivity contribution in [2.24, 2.45) is 0 Å². The van der Waals surface area contributed by atoms with Crippen LogP contribution in [0.3, 0.4) is 0 Å². The lowest BCUT2D eigenvalue weighted by Crippen LogP contribution is -2.23. The van der Waals surface area contributed by atoms with Crippen molar-refractivity contribution in [1.82, 2.24) is 14.8 Å². The number of hydrogen-bond acceptors (Lipinski definition) is 8. The van der Waals surface area contributed by atoms with Gasteiger partial charge in [-0.3, -0.25) is 4.68 Å². The number of sulfone groups is 1. The summed E-state index contributed by atoms with van der Waals surface area (Å²) in [4.78, 5) is 4.63. The molecule has 10 heteroatoms. The number of pyridine rings is 1. The minimum Gasteiger partial charge on any atom is -0.397 e. The van der Waals surface area contributed by atoms with Gasteiger partial charge in [-0.15, -0.1) is 0 Å². The van der Waals surface area contributed by atoms with E-state index in [9.17, 15) is 13.7 Å². The van der Waals surface area contributed by atoms with Crippen LogP contribution in [-0.4, -0.2) is 41.2 Å². The average molecular weight is 480 g/mol. The van der Waals surface area contributed by atoms with Crippen molar-refractivity contribution in [2.45, 2.75) is 44.7 Å². The van der Waals surface area contributed by atoms with Gasteiger partial charge in [0.15, 0.2) is 0 Å². The summed E-state index contributed by atoms with van der Waals surface area (Å²) in [6.07, 6.45) is 10.5. The fourth-order valence-electron chi connectivity index (χ4n) is 4.08. The highest BCUT2D eigenvalue weighted by molar-refractivity contribution is 7.90. The number of aromatic nitrogens is 3. The highest BCUT2D eigenvalue weighted by atomic mass is 32.2. The van der Waals surface area contributed by atoms with Crippen LogP contribution in [0.25, 0.3) is 11.1 Å². The van der Waals surface area contributed by atoms with Crippen molar-refractivity contribution in [3.63, 3.8) is 0 Å². The van der Waals surface area contributed by atoms with Crippen LogP contribution >= 0.6 is 0 Å². The molecule has 0 radical (unpaired) electrons. The van der Waals surface area contributed by atoms with E-state index in [1.807, 2.05) is 30.5 Å². The van der Waals surface area contributed by atoms with Gasteiger partial charge in [0, 0.05) is 35.8 Å². The van der Waals surface area contributed by atoms with Gasteiger partial charge >= 0.3 is 0 Å². The molecular weight excluding hydrogens is 450 g/mol. The van der Waals surface area contributed by atoms with Gasteiger partial charge in [0.25, 0.3) is 0 Å². The molecule has 1 aromatic carbocycles. The van der Waals surface area contributed by atoms with E-state index in [0.29, 0.717) is 35.5 Å². The Morgan fingerprint density at radius 1 is 1.18 bits per heavy atom. The van der Waals surface area contributed by atoms with E-state index >= 15 is 0 Å². The monoisotopic (exact) mass is 479 g/mol. The average Bonchev–Trinajstić information content (AvgIpc) is 3.28. The first kappa shape index (κ1) is 23.6. The largest absolute Gasteiger partial charge is 0.397 e. The summed E-state index contributed by atoms with van der Waals surface area (Å²) < 4.78 is 24.4. The molecule has 34 heavy (non-hydrogen) atoms. The van der Waals surface area contributed by atoms with Gasteiger partial charge in [0.05, 0.1) is 24.2 Å². The zero-order valence-electron chi connectivity index (χ0n) is 19.2. The lowest BCUT2D eigenvalue weighted by Gasteiger charge is -2.24. The molecule has 0 bridgehead atoms. The second-order valence-electron chi connectivity index (χ2n) is 8.74. The Morgan fingerprint density at radius 2 is 1.91 bits per heavy atom. The Kier molecular flexibility index (Phi) is 7.03. The van der Waals surface area contributed by atoms with E-state index in [1.54, 1.807) is 16.9 Å². The van der Waals surface area contributed by atoms with Crippen molar-refractivity contribution in [3.8, 4) is 17.2 Å². The molecule has 9 nitrogen and oxygen atoms in total. The number of nitrogens with two attached hydrogens (primary N) is 1. The maximum Gasteiger partial charge on any atom is 0.149 e. The van der Waals surface area contributed by atoms with Gasteiger partial charge in [-0.25, -0.2) is 13.4 Å². The number of anilines is 4.